The summed E-state index contributed by atoms with van der Waals surface area (Å²) >= 11 is 0. The molecule has 0 amide bonds. The third kappa shape index (κ3) is 4.50. The number of nitrogens with zero attached hydrogens (tertiary/aromatic N) is 1. The van der Waals surface area contributed by atoms with Gasteiger partial charge in [0.05, 0.1) is 18.7 Å². The number of rotatable bonds is 5. The average molecular weight is 444 g/mol. The molecule has 3 aromatic rings. The van der Waals surface area contributed by atoms with E-state index in [2.05, 4.69) is 14.6 Å². The van der Waals surface area contributed by atoms with E-state index in [0.29, 0.717) is 6.54 Å². The van der Waals surface area contributed by atoms with E-state index in [1.165, 1.54) is 7.11 Å². The first kappa shape index (κ1) is 22.0. The maximum Gasteiger partial charge on any atom is 0.508 e. The molecule has 1 aliphatic rings. The Morgan fingerprint density at radius 1 is 1.16 bits per heavy atom. The molecule has 0 fully saturated rings. The van der Waals surface area contributed by atoms with Gasteiger partial charge in [0.25, 0.3) is 0 Å². The lowest BCUT2D eigenvalue weighted by atomic mass is 9.90. The molecular weight excluding hydrogens is 421 g/mol. The van der Waals surface area contributed by atoms with Crippen LogP contribution in [0, 0.1) is 0 Å². The van der Waals surface area contributed by atoms with E-state index in [-0.39, 0.29) is 12.6 Å². The van der Waals surface area contributed by atoms with E-state index in [4.69, 9.17) is 4.74 Å². The monoisotopic (exact) mass is 444 g/mol. The SMILES string of the molecule is COC(=O)OC/C=C/CN1CCc2[nH]c3ccccc3c2C1c1ccc(C(F)(F)F)cc1. The number of hydrogen-bond acceptors (Lipinski definition) is 4. The summed E-state index contributed by atoms with van der Waals surface area (Å²) in [5.74, 6) is 0. The van der Waals surface area contributed by atoms with Gasteiger partial charge in [-0.1, -0.05) is 36.4 Å². The standard InChI is InChI=1S/C24H23F3N2O3/c1-31-23(30)32-15-5-4-13-29-14-12-20-21(18-6-2-3-7-19(18)28-20)22(29)16-8-10-17(11-9-16)24(25,26)27/h2-11,22,28H,12-15H2,1H3/b5-4+. The molecule has 8 heteroatoms. The van der Waals surface area contributed by atoms with Gasteiger partial charge in [0, 0.05) is 41.7 Å². The molecule has 0 saturated heterocycles. The zero-order valence-electron chi connectivity index (χ0n) is 17.5. The lowest BCUT2D eigenvalue weighted by molar-refractivity contribution is -0.137. The third-order valence-electron chi connectivity index (χ3n) is 5.64. The number of halogens is 3. The number of hydrogen-bond donors (Lipinski definition) is 1. The maximum absolute atomic E-state index is 13.1. The Kier molecular flexibility index (Phi) is 6.23. The zero-order chi connectivity index (χ0) is 22.7. The molecular formula is C24H23F3N2O3. The van der Waals surface area contributed by atoms with E-state index in [1.54, 1.807) is 18.2 Å². The molecule has 4 rings (SSSR count). The number of aromatic amines is 1. The molecule has 5 nitrogen and oxygen atoms in total. The van der Waals surface area contributed by atoms with E-state index >= 15 is 0 Å². The minimum absolute atomic E-state index is 0.0871. The van der Waals surface area contributed by atoms with Crippen LogP contribution in [0.3, 0.4) is 0 Å². The summed E-state index contributed by atoms with van der Waals surface area (Å²) in [7, 11) is 1.24. The van der Waals surface area contributed by atoms with Gasteiger partial charge in [-0.25, -0.2) is 4.79 Å². The highest BCUT2D eigenvalue weighted by molar-refractivity contribution is 5.86. The first-order chi connectivity index (χ1) is 15.4. The molecule has 168 valence electrons. The topological polar surface area (TPSA) is 54.6 Å². The molecule has 2 aromatic carbocycles. The Balaban J connectivity index is 1.66. The number of aromatic nitrogens is 1. The lowest BCUT2D eigenvalue weighted by Gasteiger charge is -2.36. The van der Waals surface area contributed by atoms with Crippen LogP contribution in [0.25, 0.3) is 10.9 Å². The summed E-state index contributed by atoms with van der Waals surface area (Å²) in [4.78, 5) is 16.8. The molecule has 1 unspecified atom stereocenters. The number of carbonyl (C=O) groups is 1. The summed E-state index contributed by atoms with van der Waals surface area (Å²) in [6.07, 6.45) is -0.711. The molecule has 0 spiro atoms. The highest BCUT2D eigenvalue weighted by atomic mass is 19.4. The van der Waals surface area contributed by atoms with Crippen LogP contribution >= 0.6 is 0 Å². The molecule has 0 saturated carbocycles. The summed E-state index contributed by atoms with van der Waals surface area (Å²) < 4.78 is 48.6. The fourth-order valence-electron chi connectivity index (χ4n) is 4.18. The quantitative estimate of drug-likeness (QED) is 0.419. The molecule has 0 radical (unpaired) electrons. The Hall–Kier alpha value is -3.26. The number of alkyl halides is 3. The summed E-state index contributed by atoms with van der Waals surface area (Å²) in [6, 6.07) is 13.1. The molecule has 1 atom stereocenters. The highest BCUT2D eigenvalue weighted by Gasteiger charge is 2.33. The lowest BCUT2D eigenvalue weighted by Crippen LogP contribution is -2.36. The minimum atomic E-state index is -4.38. The van der Waals surface area contributed by atoms with Crippen molar-refractivity contribution in [3.8, 4) is 0 Å². The van der Waals surface area contributed by atoms with Crippen molar-refractivity contribution in [2.45, 2.75) is 18.6 Å². The number of ether oxygens (including phenoxy) is 2. The van der Waals surface area contributed by atoms with Crippen molar-refractivity contribution >= 4 is 17.1 Å². The Morgan fingerprint density at radius 3 is 2.62 bits per heavy atom. The Bertz CT molecular complexity index is 1120. The van der Waals surface area contributed by atoms with Gasteiger partial charge in [-0.2, -0.15) is 13.2 Å². The van der Waals surface area contributed by atoms with Crippen LogP contribution in [0.2, 0.25) is 0 Å². The van der Waals surface area contributed by atoms with Crippen molar-refractivity contribution in [2.24, 2.45) is 0 Å². The van der Waals surface area contributed by atoms with Crippen molar-refractivity contribution < 1.29 is 27.4 Å². The van der Waals surface area contributed by atoms with Crippen molar-refractivity contribution in [1.82, 2.24) is 9.88 Å². The smallest absolute Gasteiger partial charge is 0.438 e. The van der Waals surface area contributed by atoms with Crippen LogP contribution in [0.15, 0.2) is 60.7 Å². The minimum Gasteiger partial charge on any atom is -0.438 e. The molecule has 1 aromatic heterocycles. The fraction of sp³-hybridized carbons (Fsp3) is 0.292. The number of para-hydroxylation sites is 1. The van der Waals surface area contributed by atoms with Gasteiger partial charge in [0.15, 0.2) is 0 Å². The van der Waals surface area contributed by atoms with Gasteiger partial charge in [-0.15, -0.1) is 0 Å². The predicted octanol–water partition coefficient (Wildman–Crippen LogP) is 5.47. The number of carbonyl (C=O) groups excluding carboxylic acids is 1. The van der Waals surface area contributed by atoms with Gasteiger partial charge in [-0.05, 0) is 29.8 Å². The molecule has 0 bridgehead atoms. The van der Waals surface area contributed by atoms with E-state index in [9.17, 15) is 18.0 Å². The van der Waals surface area contributed by atoms with Crippen LogP contribution < -0.4 is 0 Å². The molecule has 1 N–H and O–H groups in total. The fourth-order valence-corrected chi connectivity index (χ4v) is 4.18. The van der Waals surface area contributed by atoms with Gasteiger partial charge < -0.3 is 14.5 Å². The van der Waals surface area contributed by atoms with E-state index in [0.717, 1.165) is 52.8 Å². The number of fused-ring (bicyclic) bond motifs is 3. The summed E-state index contributed by atoms with van der Waals surface area (Å²) in [5, 5.41) is 1.06. The summed E-state index contributed by atoms with van der Waals surface area (Å²) in [5.41, 5.74) is 3.33. The van der Waals surface area contributed by atoms with Crippen LogP contribution in [0.5, 0.6) is 0 Å². The van der Waals surface area contributed by atoms with Crippen molar-refractivity contribution in [1.29, 1.82) is 0 Å². The molecule has 0 aliphatic carbocycles. The second kappa shape index (κ2) is 9.08. The van der Waals surface area contributed by atoms with Crippen molar-refractivity contribution in [2.75, 3.05) is 26.8 Å². The third-order valence-corrected chi connectivity index (χ3v) is 5.64. The first-order valence-electron chi connectivity index (χ1n) is 10.2. The Morgan fingerprint density at radius 2 is 1.91 bits per heavy atom. The zero-order valence-corrected chi connectivity index (χ0v) is 17.5. The number of methoxy groups -OCH3 is 1. The van der Waals surface area contributed by atoms with Crippen LogP contribution in [-0.4, -0.2) is 42.8 Å². The largest absolute Gasteiger partial charge is 0.508 e. The van der Waals surface area contributed by atoms with Crippen molar-refractivity contribution in [3.05, 3.63) is 83.1 Å². The second-order valence-corrected chi connectivity index (χ2v) is 7.57. The summed E-state index contributed by atoms with van der Waals surface area (Å²) in [6.45, 7) is 1.37. The predicted molar refractivity (Wildman–Crippen MR) is 114 cm³/mol. The molecule has 32 heavy (non-hydrogen) atoms. The van der Waals surface area contributed by atoms with Gasteiger partial charge >= 0.3 is 12.3 Å². The van der Waals surface area contributed by atoms with Crippen LogP contribution in [0.1, 0.15) is 28.4 Å². The van der Waals surface area contributed by atoms with Gasteiger partial charge in [-0.3, -0.25) is 4.90 Å². The number of H-pyrrole nitrogens is 1. The van der Waals surface area contributed by atoms with Crippen molar-refractivity contribution in [3.63, 3.8) is 0 Å². The van der Waals surface area contributed by atoms with E-state index < -0.39 is 17.9 Å². The van der Waals surface area contributed by atoms with Gasteiger partial charge in [0.2, 0.25) is 0 Å². The Labute approximate surface area is 183 Å². The van der Waals surface area contributed by atoms with Crippen LogP contribution in [-0.2, 0) is 22.1 Å². The number of benzene rings is 2. The normalized spacial score (nSPS) is 16.9. The highest BCUT2D eigenvalue weighted by Crippen LogP contribution is 2.40. The second-order valence-electron chi connectivity index (χ2n) is 7.57. The molecule has 1 aliphatic heterocycles. The number of nitrogens with one attached hydrogen (secondary N) is 1. The van der Waals surface area contributed by atoms with Crippen LogP contribution in [0.4, 0.5) is 18.0 Å². The average Bonchev–Trinajstić information content (AvgIpc) is 3.16. The van der Waals surface area contributed by atoms with E-state index in [1.807, 2.05) is 30.3 Å². The van der Waals surface area contributed by atoms with Gasteiger partial charge in [0.1, 0.15) is 6.61 Å². The first-order valence-corrected chi connectivity index (χ1v) is 10.2. The maximum atomic E-state index is 13.1. The molecule has 2 heterocycles.